The van der Waals surface area contributed by atoms with Gasteiger partial charge in [0.15, 0.2) is 0 Å². The number of benzene rings is 2. The third-order valence-electron chi connectivity index (χ3n) is 3.28. The summed E-state index contributed by atoms with van der Waals surface area (Å²) in [6.07, 6.45) is 3.50. The van der Waals surface area contributed by atoms with Gasteiger partial charge in [-0.3, -0.25) is 10.1 Å². The van der Waals surface area contributed by atoms with E-state index in [1.807, 2.05) is 73.7 Å². The van der Waals surface area contributed by atoms with Crippen LogP contribution in [-0.4, -0.2) is 17.1 Å². The first-order valence-electron chi connectivity index (χ1n) is 6.94. The number of carboxylic acids is 1. The topological polar surface area (TPSA) is 49.3 Å². The number of hydrogen-bond donors (Lipinski definition) is 2. The molecular weight excluding hydrogens is 262 g/mol. The van der Waals surface area contributed by atoms with Crippen LogP contribution in [0.15, 0.2) is 66.7 Å². The first-order chi connectivity index (χ1) is 10.2. The molecule has 0 aliphatic rings. The van der Waals surface area contributed by atoms with Crippen LogP contribution < -0.4 is 5.32 Å². The Morgan fingerprint density at radius 2 is 1.62 bits per heavy atom. The number of aliphatic carboxylic acids is 1. The minimum absolute atomic E-state index is 0.0345. The molecule has 2 rings (SSSR count). The molecule has 0 aromatic heterocycles. The Morgan fingerprint density at radius 3 is 2.19 bits per heavy atom. The summed E-state index contributed by atoms with van der Waals surface area (Å²) < 4.78 is 0. The SMILES string of the molecule is C[C@@H](NC(/C=C/c1ccccc1)C(=O)O)c1ccccc1. The van der Waals surface area contributed by atoms with Gasteiger partial charge in [-0.2, -0.15) is 0 Å². The minimum atomic E-state index is -0.884. The van der Waals surface area contributed by atoms with Crippen LogP contribution in [0.25, 0.3) is 6.08 Å². The molecule has 0 fully saturated rings. The highest BCUT2D eigenvalue weighted by molar-refractivity contribution is 5.77. The van der Waals surface area contributed by atoms with Crippen molar-refractivity contribution in [1.82, 2.24) is 5.32 Å². The molecule has 1 unspecified atom stereocenters. The summed E-state index contributed by atoms with van der Waals surface area (Å²) in [4.78, 5) is 11.4. The maximum absolute atomic E-state index is 11.4. The summed E-state index contributed by atoms with van der Waals surface area (Å²) in [5.74, 6) is -0.884. The van der Waals surface area contributed by atoms with Gasteiger partial charge >= 0.3 is 5.97 Å². The molecule has 0 heterocycles. The molecule has 21 heavy (non-hydrogen) atoms. The van der Waals surface area contributed by atoms with Gasteiger partial charge in [0.2, 0.25) is 0 Å². The zero-order chi connectivity index (χ0) is 15.1. The third-order valence-corrected chi connectivity index (χ3v) is 3.28. The summed E-state index contributed by atoms with van der Waals surface area (Å²) in [6, 6.07) is 18.7. The molecule has 2 aromatic carbocycles. The molecule has 0 saturated heterocycles. The largest absolute Gasteiger partial charge is 0.480 e. The quantitative estimate of drug-likeness (QED) is 0.852. The van der Waals surface area contributed by atoms with Crippen LogP contribution in [0.5, 0.6) is 0 Å². The van der Waals surface area contributed by atoms with E-state index in [1.165, 1.54) is 0 Å². The molecule has 0 bridgehead atoms. The van der Waals surface area contributed by atoms with Crippen LogP contribution in [0.1, 0.15) is 24.1 Å². The average Bonchev–Trinajstić information content (AvgIpc) is 2.52. The molecule has 0 aliphatic heterocycles. The van der Waals surface area contributed by atoms with Crippen molar-refractivity contribution in [2.45, 2.75) is 19.0 Å². The first-order valence-corrected chi connectivity index (χ1v) is 6.94. The molecule has 2 atom stereocenters. The summed E-state index contributed by atoms with van der Waals surface area (Å²) >= 11 is 0. The van der Waals surface area contributed by atoms with Crippen molar-refractivity contribution in [1.29, 1.82) is 0 Å². The van der Waals surface area contributed by atoms with Crippen molar-refractivity contribution in [2.75, 3.05) is 0 Å². The highest BCUT2D eigenvalue weighted by Crippen LogP contribution is 2.13. The molecule has 0 radical (unpaired) electrons. The lowest BCUT2D eigenvalue weighted by atomic mass is 10.1. The Hall–Kier alpha value is -2.39. The van der Waals surface area contributed by atoms with Crippen LogP contribution >= 0.6 is 0 Å². The van der Waals surface area contributed by atoms with Crippen LogP contribution in [0.4, 0.5) is 0 Å². The van der Waals surface area contributed by atoms with E-state index in [2.05, 4.69) is 5.32 Å². The molecule has 3 heteroatoms. The molecule has 2 aromatic rings. The van der Waals surface area contributed by atoms with Crippen molar-refractivity contribution < 1.29 is 9.90 Å². The number of hydrogen-bond acceptors (Lipinski definition) is 2. The maximum atomic E-state index is 11.4. The molecule has 0 saturated carbocycles. The van der Waals surface area contributed by atoms with Crippen molar-refractivity contribution in [2.24, 2.45) is 0 Å². The van der Waals surface area contributed by atoms with Gasteiger partial charge in [0.25, 0.3) is 0 Å². The lowest BCUT2D eigenvalue weighted by Crippen LogP contribution is -2.36. The van der Waals surface area contributed by atoms with E-state index in [0.29, 0.717) is 0 Å². The van der Waals surface area contributed by atoms with Gasteiger partial charge < -0.3 is 5.11 Å². The van der Waals surface area contributed by atoms with Gasteiger partial charge in [0, 0.05) is 6.04 Å². The zero-order valence-electron chi connectivity index (χ0n) is 11.9. The van der Waals surface area contributed by atoms with Crippen molar-refractivity contribution in [3.63, 3.8) is 0 Å². The van der Waals surface area contributed by atoms with Crippen molar-refractivity contribution >= 4 is 12.0 Å². The highest BCUT2D eigenvalue weighted by Gasteiger charge is 2.17. The lowest BCUT2D eigenvalue weighted by Gasteiger charge is -2.18. The van der Waals surface area contributed by atoms with Crippen molar-refractivity contribution in [3.05, 3.63) is 77.9 Å². The van der Waals surface area contributed by atoms with Gasteiger partial charge in [-0.05, 0) is 18.1 Å². The van der Waals surface area contributed by atoms with E-state index in [4.69, 9.17) is 0 Å². The van der Waals surface area contributed by atoms with Gasteiger partial charge in [-0.25, -0.2) is 0 Å². The van der Waals surface area contributed by atoms with E-state index < -0.39 is 12.0 Å². The molecule has 2 N–H and O–H groups in total. The molecule has 0 aliphatic carbocycles. The summed E-state index contributed by atoms with van der Waals surface area (Å²) in [6.45, 7) is 1.96. The average molecular weight is 281 g/mol. The predicted molar refractivity (Wildman–Crippen MR) is 84.9 cm³/mol. The molecule has 3 nitrogen and oxygen atoms in total. The van der Waals surface area contributed by atoms with Crippen LogP contribution in [0, 0.1) is 0 Å². The van der Waals surface area contributed by atoms with E-state index >= 15 is 0 Å². The van der Waals surface area contributed by atoms with Crippen LogP contribution in [0.3, 0.4) is 0 Å². The monoisotopic (exact) mass is 281 g/mol. The van der Waals surface area contributed by atoms with E-state index in [0.717, 1.165) is 11.1 Å². The number of rotatable bonds is 6. The fraction of sp³-hybridized carbons (Fsp3) is 0.167. The predicted octanol–water partition coefficient (Wildman–Crippen LogP) is 3.50. The smallest absolute Gasteiger partial charge is 0.324 e. The van der Waals surface area contributed by atoms with E-state index in [-0.39, 0.29) is 6.04 Å². The second kappa shape index (κ2) is 7.41. The van der Waals surface area contributed by atoms with Crippen LogP contribution in [-0.2, 0) is 4.79 Å². The normalized spacial score (nSPS) is 14.0. The van der Waals surface area contributed by atoms with Gasteiger partial charge in [-0.15, -0.1) is 0 Å². The Balaban J connectivity index is 2.06. The van der Waals surface area contributed by atoms with E-state index in [9.17, 15) is 9.90 Å². The van der Waals surface area contributed by atoms with Gasteiger partial charge in [0.1, 0.15) is 6.04 Å². The Labute approximate surface area is 124 Å². The van der Waals surface area contributed by atoms with Crippen LogP contribution in [0.2, 0.25) is 0 Å². The number of nitrogens with one attached hydrogen (secondary N) is 1. The summed E-state index contributed by atoms with van der Waals surface area (Å²) in [5, 5.41) is 12.4. The second-order valence-corrected chi connectivity index (χ2v) is 4.88. The maximum Gasteiger partial charge on any atom is 0.324 e. The minimum Gasteiger partial charge on any atom is -0.480 e. The highest BCUT2D eigenvalue weighted by atomic mass is 16.4. The van der Waals surface area contributed by atoms with Gasteiger partial charge in [0.05, 0.1) is 0 Å². The standard InChI is InChI=1S/C18H19NO2/c1-14(16-10-6-3-7-11-16)19-17(18(20)21)13-12-15-8-4-2-5-9-15/h2-14,17,19H,1H3,(H,20,21)/b13-12+/t14-,17?/m1/s1. The summed E-state index contributed by atoms with van der Waals surface area (Å²) in [7, 11) is 0. The number of carbonyl (C=O) groups is 1. The fourth-order valence-corrected chi connectivity index (χ4v) is 2.09. The molecule has 108 valence electrons. The second-order valence-electron chi connectivity index (χ2n) is 4.88. The Kier molecular flexibility index (Phi) is 5.29. The third kappa shape index (κ3) is 4.58. The van der Waals surface area contributed by atoms with Gasteiger partial charge in [-0.1, -0.05) is 72.8 Å². The van der Waals surface area contributed by atoms with E-state index in [1.54, 1.807) is 6.08 Å². The first kappa shape index (κ1) is 15.0. The zero-order valence-corrected chi connectivity index (χ0v) is 11.9. The Bertz CT molecular complexity index is 593. The van der Waals surface area contributed by atoms with Crippen molar-refractivity contribution in [3.8, 4) is 0 Å². The molecule has 0 amide bonds. The number of carboxylic acid groups (broad SMARTS) is 1. The Morgan fingerprint density at radius 1 is 1.05 bits per heavy atom. The molecular formula is C18H19NO2. The molecule has 0 spiro atoms. The lowest BCUT2D eigenvalue weighted by molar-refractivity contribution is -0.138. The fourth-order valence-electron chi connectivity index (χ4n) is 2.09. The summed E-state index contributed by atoms with van der Waals surface area (Å²) in [5.41, 5.74) is 2.05.